The molecule has 4 nitrogen and oxygen atoms in total. The Morgan fingerprint density at radius 3 is 2.00 bits per heavy atom. The van der Waals surface area contributed by atoms with E-state index in [9.17, 15) is 9.59 Å². The fourth-order valence-electron chi connectivity index (χ4n) is 0.989. The lowest BCUT2D eigenvalue weighted by molar-refractivity contribution is 0.562. The van der Waals surface area contributed by atoms with Crippen molar-refractivity contribution in [2.24, 2.45) is 9.98 Å². The SMILES string of the molecule is O=C=NCc1[c]c(CN=C=O)ccc1. The van der Waals surface area contributed by atoms with E-state index in [0.29, 0.717) is 0 Å². The smallest absolute Gasteiger partial charge is 0.211 e. The Kier molecular flexibility index (Phi) is 4.02. The number of carbonyl (C=O) groups excluding carboxylic acids is 2. The molecule has 0 fully saturated rings. The van der Waals surface area contributed by atoms with Gasteiger partial charge in [-0.05, 0) is 17.2 Å². The molecular formula is C10H7N2O2. The summed E-state index contributed by atoms with van der Waals surface area (Å²) in [4.78, 5) is 26.6. The summed E-state index contributed by atoms with van der Waals surface area (Å²) in [6, 6.07) is 8.34. The Bertz CT molecular complexity index is 367. The van der Waals surface area contributed by atoms with E-state index in [1.807, 2.05) is 0 Å². The molecule has 0 heterocycles. The third-order valence-corrected chi connectivity index (χ3v) is 1.54. The van der Waals surface area contributed by atoms with Gasteiger partial charge in [-0.2, -0.15) is 0 Å². The number of benzene rings is 1. The van der Waals surface area contributed by atoms with Crippen LogP contribution in [0.1, 0.15) is 11.1 Å². The van der Waals surface area contributed by atoms with E-state index in [2.05, 4.69) is 16.1 Å². The molecule has 1 rings (SSSR count). The van der Waals surface area contributed by atoms with Crippen LogP contribution in [0, 0.1) is 6.07 Å². The highest BCUT2D eigenvalue weighted by Crippen LogP contribution is 2.06. The first kappa shape index (κ1) is 10.1. The fraction of sp³-hybridized carbons (Fsp3) is 0.200. The summed E-state index contributed by atoms with van der Waals surface area (Å²) in [6.07, 6.45) is 2.90. The third kappa shape index (κ3) is 3.15. The van der Waals surface area contributed by atoms with Crippen molar-refractivity contribution >= 4 is 12.2 Å². The van der Waals surface area contributed by atoms with Crippen LogP contribution in [0.5, 0.6) is 0 Å². The third-order valence-electron chi connectivity index (χ3n) is 1.54. The molecule has 0 amide bonds. The molecule has 0 bridgehead atoms. The summed E-state index contributed by atoms with van der Waals surface area (Å²) >= 11 is 0. The molecule has 0 N–H and O–H groups in total. The normalized spacial score (nSPS) is 8.57. The molecule has 0 aliphatic heterocycles. The van der Waals surface area contributed by atoms with Gasteiger partial charge in [0, 0.05) is 0 Å². The second kappa shape index (κ2) is 5.60. The number of aliphatic imine (C=N–C) groups is 2. The van der Waals surface area contributed by atoms with Gasteiger partial charge in [-0.15, -0.1) is 0 Å². The maximum absolute atomic E-state index is 9.86. The highest BCUT2D eigenvalue weighted by atomic mass is 16.1. The minimum Gasteiger partial charge on any atom is -0.211 e. The van der Waals surface area contributed by atoms with Crippen LogP contribution in [0.4, 0.5) is 0 Å². The topological polar surface area (TPSA) is 58.9 Å². The Labute approximate surface area is 81.0 Å². The zero-order valence-corrected chi connectivity index (χ0v) is 7.36. The summed E-state index contributed by atoms with van der Waals surface area (Å²) in [5, 5.41) is 0. The zero-order chi connectivity index (χ0) is 10.2. The summed E-state index contributed by atoms with van der Waals surface area (Å²) < 4.78 is 0. The highest BCUT2D eigenvalue weighted by molar-refractivity contribution is 5.35. The van der Waals surface area contributed by atoms with Gasteiger partial charge in [0.05, 0.1) is 13.1 Å². The number of hydrogen-bond acceptors (Lipinski definition) is 4. The predicted octanol–water partition coefficient (Wildman–Crippen LogP) is 1.16. The van der Waals surface area contributed by atoms with E-state index in [1.54, 1.807) is 18.2 Å². The minimum atomic E-state index is 0.252. The molecule has 4 heteroatoms. The minimum absolute atomic E-state index is 0.252. The van der Waals surface area contributed by atoms with Crippen molar-refractivity contribution in [1.82, 2.24) is 0 Å². The molecule has 0 unspecified atom stereocenters. The van der Waals surface area contributed by atoms with Crippen molar-refractivity contribution in [1.29, 1.82) is 0 Å². The lowest BCUT2D eigenvalue weighted by Gasteiger charge is -1.97. The van der Waals surface area contributed by atoms with Crippen molar-refractivity contribution in [3.05, 3.63) is 35.4 Å². The van der Waals surface area contributed by atoms with Crippen LogP contribution >= 0.6 is 0 Å². The molecule has 0 saturated heterocycles. The number of hydrogen-bond donors (Lipinski definition) is 0. The average Bonchev–Trinajstić information content (AvgIpc) is 2.24. The van der Waals surface area contributed by atoms with E-state index < -0.39 is 0 Å². The molecule has 1 aromatic rings. The molecular weight excluding hydrogens is 180 g/mol. The van der Waals surface area contributed by atoms with Gasteiger partial charge < -0.3 is 0 Å². The summed E-state index contributed by atoms with van der Waals surface area (Å²) in [5.74, 6) is 0. The monoisotopic (exact) mass is 187 g/mol. The molecule has 69 valence electrons. The second-order valence-electron chi connectivity index (χ2n) is 2.52. The van der Waals surface area contributed by atoms with Crippen LogP contribution in [0.3, 0.4) is 0 Å². The summed E-state index contributed by atoms with van der Waals surface area (Å²) in [6.45, 7) is 0.504. The summed E-state index contributed by atoms with van der Waals surface area (Å²) in [7, 11) is 0. The molecule has 0 aromatic heterocycles. The van der Waals surface area contributed by atoms with Gasteiger partial charge in [0.1, 0.15) is 0 Å². The van der Waals surface area contributed by atoms with Crippen LogP contribution in [0.2, 0.25) is 0 Å². The predicted molar refractivity (Wildman–Crippen MR) is 48.9 cm³/mol. The van der Waals surface area contributed by atoms with Crippen molar-refractivity contribution in [3.63, 3.8) is 0 Å². The number of isocyanates is 2. The van der Waals surface area contributed by atoms with Gasteiger partial charge in [-0.25, -0.2) is 19.6 Å². The average molecular weight is 187 g/mol. The van der Waals surface area contributed by atoms with Crippen molar-refractivity contribution in [3.8, 4) is 0 Å². The Balaban J connectivity index is 2.77. The first-order valence-corrected chi connectivity index (χ1v) is 3.94. The van der Waals surface area contributed by atoms with Crippen LogP contribution in [-0.2, 0) is 22.7 Å². The van der Waals surface area contributed by atoms with Crippen molar-refractivity contribution < 1.29 is 9.59 Å². The molecule has 1 aromatic carbocycles. The fourth-order valence-corrected chi connectivity index (χ4v) is 0.989. The van der Waals surface area contributed by atoms with E-state index in [-0.39, 0.29) is 13.1 Å². The molecule has 0 atom stereocenters. The van der Waals surface area contributed by atoms with E-state index in [4.69, 9.17) is 0 Å². The molecule has 0 aliphatic carbocycles. The Morgan fingerprint density at radius 1 is 1.07 bits per heavy atom. The van der Waals surface area contributed by atoms with Gasteiger partial charge in [0.15, 0.2) is 0 Å². The van der Waals surface area contributed by atoms with Crippen LogP contribution in [0.15, 0.2) is 28.2 Å². The van der Waals surface area contributed by atoms with Crippen molar-refractivity contribution in [2.45, 2.75) is 13.1 Å². The lowest BCUT2D eigenvalue weighted by Crippen LogP contribution is -1.86. The molecule has 0 spiro atoms. The first-order valence-electron chi connectivity index (χ1n) is 3.94. The van der Waals surface area contributed by atoms with Gasteiger partial charge in [0.25, 0.3) is 0 Å². The Hall–Kier alpha value is -2.02. The quantitative estimate of drug-likeness (QED) is 0.524. The standard InChI is InChI=1S/C10H7N2O2/c13-7-11-5-9-2-1-3-10(4-9)6-12-8-14/h1-3H,5-6H2. The van der Waals surface area contributed by atoms with Crippen molar-refractivity contribution in [2.75, 3.05) is 0 Å². The molecule has 0 aliphatic rings. The van der Waals surface area contributed by atoms with Gasteiger partial charge in [0.2, 0.25) is 12.2 Å². The maximum atomic E-state index is 9.86. The van der Waals surface area contributed by atoms with Gasteiger partial charge in [-0.1, -0.05) is 18.2 Å². The number of nitrogens with zero attached hydrogens (tertiary/aromatic N) is 2. The van der Waals surface area contributed by atoms with E-state index in [0.717, 1.165) is 11.1 Å². The lowest BCUT2D eigenvalue weighted by atomic mass is 10.1. The summed E-state index contributed by atoms with van der Waals surface area (Å²) in [5.41, 5.74) is 1.54. The van der Waals surface area contributed by atoms with E-state index >= 15 is 0 Å². The highest BCUT2D eigenvalue weighted by Gasteiger charge is 1.94. The number of rotatable bonds is 4. The van der Waals surface area contributed by atoms with E-state index in [1.165, 1.54) is 12.2 Å². The van der Waals surface area contributed by atoms with Crippen LogP contribution in [0.25, 0.3) is 0 Å². The molecule has 1 radical (unpaired) electrons. The van der Waals surface area contributed by atoms with Crippen LogP contribution in [-0.4, -0.2) is 12.2 Å². The Morgan fingerprint density at radius 2 is 1.57 bits per heavy atom. The van der Waals surface area contributed by atoms with Gasteiger partial charge in [-0.3, -0.25) is 0 Å². The molecule has 0 saturated carbocycles. The zero-order valence-electron chi connectivity index (χ0n) is 7.36. The molecule has 14 heavy (non-hydrogen) atoms. The second-order valence-corrected chi connectivity index (χ2v) is 2.52. The first-order chi connectivity index (χ1) is 6.86. The maximum Gasteiger partial charge on any atom is 0.235 e. The van der Waals surface area contributed by atoms with Gasteiger partial charge >= 0.3 is 0 Å². The largest absolute Gasteiger partial charge is 0.235 e. The van der Waals surface area contributed by atoms with Crippen LogP contribution < -0.4 is 0 Å².